The van der Waals surface area contributed by atoms with Crippen LogP contribution in [0.5, 0.6) is 5.75 Å². The summed E-state index contributed by atoms with van der Waals surface area (Å²) in [4.78, 5) is 28.4. The monoisotopic (exact) mass is 352 g/mol. The number of hydrogen-bond donors (Lipinski definition) is 1. The zero-order chi connectivity index (χ0) is 18.4. The van der Waals surface area contributed by atoms with Crippen LogP contribution in [-0.2, 0) is 6.54 Å². The maximum atomic E-state index is 12.3. The van der Waals surface area contributed by atoms with Crippen LogP contribution >= 0.6 is 0 Å². The van der Waals surface area contributed by atoms with Crippen LogP contribution < -0.4 is 15.6 Å². The highest BCUT2D eigenvalue weighted by Crippen LogP contribution is 2.14. The van der Waals surface area contributed by atoms with E-state index in [0.29, 0.717) is 23.5 Å². The lowest BCUT2D eigenvalue weighted by Crippen LogP contribution is -2.27. The molecule has 0 bridgehead atoms. The molecule has 0 aliphatic carbocycles. The Bertz CT molecular complexity index is 915. The lowest BCUT2D eigenvalue weighted by atomic mass is 10.2. The average Bonchev–Trinajstić information content (AvgIpc) is 3.19. The van der Waals surface area contributed by atoms with Crippen molar-refractivity contribution in [1.29, 1.82) is 0 Å². The van der Waals surface area contributed by atoms with Gasteiger partial charge in [0.1, 0.15) is 5.75 Å². The van der Waals surface area contributed by atoms with E-state index in [9.17, 15) is 9.59 Å². The molecule has 0 radical (unpaired) electrons. The summed E-state index contributed by atoms with van der Waals surface area (Å²) >= 11 is 0. The first-order chi connectivity index (χ1) is 12.7. The van der Waals surface area contributed by atoms with Gasteiger partial charge < -0.3 is 14.6 Å². The predicted molar refractivity (Wildman–Crippen MR) is 97.8 cm³/mol. The molecular formula is C19H20N4O3. The first-order valence-electron chi connectivity index (χ1n) is 8.28. The Hall–Kier alpha value is -3.35. The van der Waals surface area contributed by atoms with E-state index in [4.69, 9.17) is 4.74 Å². The van der Waals surface area contributed by atoms with Gasteiger partial charge in [-0.15, -0.1) is 0 Å². The zero-order valence-corrected chi connectivity index (χ0v) is 14.5. The quantitative estimate of drug-likeness (QED) is 0.659. The van der Waals surface area contributed by atoms with Gasteiger partial charge in [0.2, 0.25) is 0 Å². The third kappa shape index (κ3) is 4.18. The van der Waals surface area contributed by atoms with Crippen molar-refractivity contribution < 1.29 is 9.53 Å². The number of carbonyl (C=O) groups is 1. The molecule has 0 saturated heterocycles. The fourth-order valence-corrected chi connectivity index (χ4v) is 2.55. The molecule has 0 saturated carbocycles. The summed E-state index contributed by atoms with van der Waals surface area (Å²) < 4.78 is 8.52. The van der Waals surface area contributed by atoms with E-state index in [0.717, 1.165) is 13.0 Å². The molecule has 0 aliphatic rings. The van der Waals surface area contributed by atoms with Gasteiger partial charge in [0.05, 0.1) is 19.0 Å². The van der Waals surface area contributed by atoms with E-state index in [-0.39, 0.29) is 11.5 Å². The molecule has 0 unspecified atom stereocenters. The van der Waals surface area contributed by atoms with Crippen LogP contribution in [0.4, 0.5) is 0 Å². The van der Waals surface area contributed by atoms with Crippen molar-refractivity contribution in [3.8, 4) is 11.4 Å². The maximum Gasteiger partial charge on any atom is 0.255 e. The average molecular weight is 352 g/mol. The molecule has 0 atom stereocenters. The third-order valence-electron chi connectivity index (χ3n) is 3.96. The van der Waals surface area contributed by atoms with Gasteiger partial charge in [-0.25, -0.2) is 4.98 Å². The van der Waals surface area contributed by atoms with Gasteiger partial charge in [-0.1, -0.05) is 0 Å². The Morgan fingerprint density at radius 2 is 2.00 bits per heavy atom. The number of benzene rings is 1. The molecule has 1 N–H and O–H groups in total. The van der Waals surface area contributed by atoms with E-state index in [1.807, 2.05) is 10.8 Å². The highest BCUT2D eigenvalue weighted by molar-refractivity contribution is 5.93. The summed E-state index contributed by atoms with van der Waals surface area (Å²) in [5.41, 5.74) is 0.903. The highest BCUT2D eigenvalue weighted by atomic mass is 16.5. The van der Waals surface area contributed by atoms with Crippen LogP contribution in [0, 0.1) is 0 Å². The molecule has 0 aliphatic heterocycles. The molecule has 7 nitrogen and oxygen atoms in total. The van der Waals surface area contributed by atoms with Gasteiger partial charge in [0.25, 0.3) is 11.5 Å². The number of aryl methyl sites for hydroxylation is 1. The number of imidazole rings is 1. The van der Waals surface area contributed by atoms with Gasteiger partial charge in [-0.3, -0.25) is 14.2 Å². The summed E-state index contributed by atoms with van der Waals surface area (Å²) in [6.45, 7) is 1.32. The summed E-state index contributed by atoms with van der Waals surface area (Å²) in [5.74, 6) is 0.492. The van der Waals surface area contributed by atoms with Crippen LogP contribution in [0.15, 0.2) is 66.1 Å². The Morgan fingerprint density at radius 3 is 2.69 bits per heavy atom. The molecule has 134 valence electrons. The maximum absolute atomic E-state index is 12.3. The summed E-state index contributed by atoms with van der Waals surface area (Å²) in [7, 11) is 1.58. The number of nitrogens with one attached hydrogen (secondary N) is 1. The number of methoxy groups -OCH3 is 1. The van der Waals surface area contributed by atoms with Gasteiger partial charge in [-0.05, 0) is 36.8 Å². The number of rotatable bonds is 7. The minimum Gasteiger partial charge on any atom is -0.497 e. The molecule has 7 heteroatoms. The second-order valence-electron chi connectivity index (χ2n) is 5.73. The molecule has 3 rings (SSSR count). The van der Waals surface area contributed by atoms with Crippen molar-refractivity contribution in [2.24, 2.45) is 0 Å². The number of nitrogens with zero attached hydrogens (tertiary/aromatic N) is 3. The van der Waals surface area contributed by atoms with Gasteiger partial charge >= 0.3 is 0 Å². The first kappa shape index (κ1) is 17.5. The fourth-order valence-electron chi connectivity index (χ4n) is 2.55. The smallest absolute Gasteiger partial charge is 0.255 e. The highest BCUT2D eigenvalue weighted by Gasteiger charge is 2.08. The fraction of sp³-hybridized carbons (Fsp3) is 0.211. The van der Waals surface area contributed by atoms with Crippen molar-refractivity contribution in [3.63, 3.8) is 0 Å². The number of ether oxygens (including phenoxy) is 1. The molecule has 0 spiro atoms. The number of hydrogen-bond acceptors (Lipinski definition) is 4. The minimum atomic E-state index is -0.210. The van der Waals surface area contributed by atoms with Crippen LogP contribution in [0.1, 0.15) is 16.8 Å². The largest absolute Gasteiger partial charge is 0.497 e. The molecule has 3 aromatic rings. The van der Waals surface area contributed by atoms with Crippen molar-refractivity contribution in [3.05, 3.63) is 77.2 Å². The number of amides is 1. The summed E-state index contributed by atoms with van der Waals surface area (Å²) in [6.07, 6.45) is 7.69. The molecule has 0 fully saturated rings. The van der Waals surface area contributed by atoms with E-state index >= 15 is 0 Å². The van der Waals surface area contributed by atoms with E-state index in [1.54, 1.807) is 50.1 Å². The zero-order valence-electron chi connectivity index (χ0n) is 14.5. The van der Waals surface area contributed by atoms with Crippen molar-refractivity contribution in [1.82, 2.24) is 19.4 Å². The van der Waals surface area contributed by atoms with Crippen molar-refractivity contribution in [2.45, 2.75) is 13.0 Å². The van der Waals surface area contributed by atoms with Crippen LogP contribution in [0.3, 0.4) is 0 Å². The van der Waals surface area contributed by atoms with Gasteiger partial charge in [0, 0.05) is 43.4 Å². The lowest BCUT2D eigenvalue weighted by Gasteiger charge is -2.10. The number of aromatic nitrogens is 3. The van der Waals surface area contributed by atoms with E-state index in [2.05, 4.69) is 10.3 Å². The molecule has 1 amide bonds. The third-order valence-corrected chi connectivity index (χ3v) is 3.96. The molecule has 26 heavy (non-hydrogen) atoms. The van der Waals surface area contributed by atoms with Gasteiger partial charge in [-0.2, -0.15) is 0 Å². The summed E-state index contributed by atoms with van der Waals surface area (Å²) in [6, 6.07) is 10.0. The van der Waals surface area contributed by atoms with E-state index < -0.39 is 0 Å². The Kier molecular flexibility index (Phi) is 5.48. The standard InChI is InChI=1S/C19H20N4O3/c1-26-17-6-4-16(5-7-17)23-13-15(3-8-18(23)24)19(25)21-9-2-11-22-12-10-20-14-22/h3-8,10,12-14H,2,9,11H2,1H3,(H,21,25). The van der Waals surface area contributed by atoms with Crippen LogP contribution in [0.25, 0.3) is 5.69 Å². The SMILES string of the molecule is COc1ccc(-n2cc(C(=O)NCCCn3ccnc3)ccc2=O)cc1. The topological polar surface area (TPSA) is 78.2 Å². The minimum absolute atomic E-state index is 0.202. The van der Waals surface area contributed by atoms with E-state index in [1.165, 1.54) is 16.7 Å². The van der Waals surface area contributed by atoms with Crippen molar-refractivity contribution in [2.75, 3.05) is 13.7 Å². The first-order valence-corrected chi connectivity index (χ1v) is 8.28. The molecule has 1 aromatic carbocycles. The number of carbonyl (C=O) groups excluding carboxylic acids is 1. The Labute approximate surface area is 150 Å². The molecule has 2 aromatic heterocycles. The number of pyridine rings is 1. The molecular weight excluding hydrogens is 332 g/mol. The second kappa shape index (κ2) is 8.15. The van der Waals surface area contributed by atoms with Crippen molar-refractivity contribution >= 4 is 5.91 Å². The van der Waals surface area contributed by atoms with Gasteiger partial charge in [0.15, 0.2) is 0 Å². The summed E-state index contributed by atoms with van der Waals surface area (Å²) in [5, 5.41) is 2.87. The predicted octanol–water partition coefficient (Wildman–Crippen LogP) is 1.86. The van der Waals surface area contributed by atoms with Crippen LogP contribution in [-0.4, -0.2) is 33.7 Å². The normalized spacial score (nSPS) is 10.5. The second-order valence-corrected chi connectivity index (χ2v) is 5.73. The lowest BCUT2D eigenvalue weighted by molar-refractivity contribution is 0.0952. The van der Waals surface area contributed by atoms with Crippen LogP contribution in [0.2, 0.25) is 0 Å². The Morgan fingerprint density at radius 1 is 1.19 bits per heavy atom. The Balaban J connectivity index is 1.65. The molecule has 2 heterocycles.